The van der Waals surface area contributed by atoms with Gasteiger partial charge < -0.3 is 5.11 Å². The fourth-order valence-electron chi connectivity index (χ4n) is 6.74. The molecule has 0 bridgehead atoms. The summed E-state index contributed by atoms with van der Waals surface area (Å²) >= 11 is 0. The zero-order valence-electron chi connectivity index (χ0n) is 15.7. The van der Waals surface area contributed by atoms with E-state index in [4.69, 9.17) is 5.11 Å². The number of allylic oxidation sites excluding steroid dienone is 2. The van der Waals surface area contributed by atoms with Crippen LogP contribution < -0.4 is 0 Å². The highest BCUT2D eigenvalue weighted by atomic mass is 16.3. The molecular weight excluding hydrogens is 304 g/mol. The predicted octanol–water partition coefficient (Wildman–Crippen LogP) is 6.59. The zero-order chi connectivity index (χ0) is 17.3. The largest absolute Gasteiger partial charge is 0.508 e. The van der Waals surface area contributed by atoms with Gasteiger partial charge in [-0.3, -0.25) is 0 Å². The molecule has 6 atom stereocenters. The van der Waals surface area contributed by atoms with Gasteiger partial charge in [-0.15, -0.1) is 0 Å². The lowest BCUT2D eigenvalue weighted by atomic mass is 9.51. The highest BCUT2D eigenvalue weighted by Gasteiger charge is 2.51. The van der Waals surface area contributed by atoms with E-state index in [0.29, 0.717) is 11.2 Å². The van der Waals surface area contributed by atoms with Gasteiger partial charge in [-0.05, 0) is 85.7 Å². The Morgan fingerprint density at radius 3 is 2.44 bits per heavy atom. The molecule has 1 aromatic carbocycles. The van der Waals surface area contributed by atoms with Crippen molar-refractivity contribution in [3.63, 3.8) is 0 Å². The standard InChI is InChI=1S/C18H28.C6H6O/c1-18-11-4-7-17(18)16-9-8-13-5-2-3-6-14(13)15(16)10-12-18;7-6-4-2-1-3-5-6/h4,11,13-17H,2-3,5-10,12H2,1H3;1-5,7H/t13?,14-,15+,16+,17-,18-;/m0./s1. The van der Waals surface area contributed by atoms with Gasteiger partial charge in [0.05, 0.1) is 0 Å². The van der Waals surface area contributed by atoms with Crippen molar-refractivity contribution < 1.29 is 5.11 Å². The van der Waals surface area contributed by atoms with Crippen LogP contribution in [-0.2, 0) is 0 Å². The van der Waals surface area contributed by atoms with Crippen LogP contribution in [0.15, 0.2) is 42.5 Å². The van der Waals surface area contributed by atoms with Gasteiger partial charge in [-0.25, -0.2) is 0 Å². The minimum Gasteiger partial charge on any atom is -0.508 e. The number of phenols is 1. The summed E-state index contributed by atoms with van der Waals surface area (Å²) in [4.78, 5) is 0. The Bertz CT molecular complexity index is 591. The first-order valence-corrected chi connectivity index (χ1v) is 10.6. The van der Waals surface area contributed by atoms with Gasteiger partial charge in [0.1, 0.15) is 5.75 Å². The topological polar surface area (TPSA) is 20.2 Å². The third-order valence-corrected chi connectivity index (χ3v) is 7.96. The first-order chi connectivity index (χ1) is 12.2. The number of aromatic hydroxyl groups is 1. The lowest BCUT2D eigenvalue weighted by molar-refractivity contribution is -0.0399. The molecule has 1 heteroatoms. The molecule has 0 radical (unpaired) electrons. The first kappa shape index (κ1) is 17.2. The fourth-order valence-corrected chi connectivity index (χ4v) is 6.74. The number of fused-ring (bicyclic) bond motifs is 5. The molecule has 4 aliphatic rings. The molecule has 0 aromatic heterocycles. The van der Waals surface area contributed by atoms with Gasteiger partial charge in [-0.2, -0.15) is 0 Å². The van der Waals surface area contributed by atoms with E-state index in [2.05, 4.69) is 19.1 Å². The molecule has 3 saturated carbocycles. The normalized spacial score (nSPS) is 41.7. The summed E-state index contributed by atoms with van der Waals surface area (Å²) in [5, 5.41) is 8.63. The van der Waals surface area contributed by atoms with Crippen LogP contribution in [-0.4, -0.2) is 5.11 Å². The van der Waals surface area contributed by atoms with Gasteiger partial charge >= 0.3 is 0 Å². The average molecular weight is 339 g/mol. The van der Waals surface area contributed by atoms with Crippen molar-refractivity contribution in [1.29, 1.82) is 0 Å². The maximum absolute atomic E-state index is 8.63. The smallest absolute Gasteiger partial charge is 0.115 e. The van der Waals surface area contributed by atoms with Crippen LogP contribution in [0.3, 0.4) is 0 Å². The molecule has 25 heavy (non-hydrogen) atoms. The lowest BCUT2D eigenvalue weighted by Crippen LogP contribution is -2.46. The summed E-state index contributed by atoms with van der Waals surface area (Å²) in [6.45, 7) is 2.55. The molecule has 0 heterocycles. The quantitative estimate of drug-likeness (QED) is 0.529. The summed E-state index contributed by atoms with van der Waals surface area (Å²) < 4.78 is 0. The van der Waals surface area contributed by atoms with E-state index in [9.17, 15) is 0 Å². The summed E-state index contributed by atoms with van der Waals surface area (Å²) in [6.07, 6.45) is 18.8. The molecule has 0 amide bonds. The fraction of sp³-hybridized carbons (Fsp3) is 0.667. The molecule has 1 unspecified atom stereocenters. The van der Waals surface area contributed by atoms with Crippen LogP contribution in [0.1, 0.15) is 64.7 Å². The van der Waals surface area contributed by atoms with Gasteiger partial charge in [0.2, 0.25) is 0 Å². The van der Waals surface area contributed by atoms with Crippen LogP contribution in [0, 0.1) is 35.0 Å². The van der Waals surface area contributed by atoms with E-state index in [1.54, 1.807) is 56.4 Å². The molecule has 1 nitrogen and oxygen atoms in total. The Kier molecular flexibility index (Phi) is 4.93. The van der Waals surface area contributed by atoms with Crippen molar-refractivity contribution in [3.8, 4) is 5.75 Å². The Morgan fingerprint density at radius 1 is 0.880 bits per heavy atom. The molecular formula is C24H34O. The molecule has 1 N–H and O–H groups in total. The van der Waals surface area contributed by atoms with E-state index in [1.165, 1.54) is 25.7 Å². The van der Waals surface area contributed by atoms with E-state index >= 15 is 0 Å². The predicted molar refractivity (Wildman–Crippen MR) is 104 cm³/mol. The number of hydrogen-bond donors (Lipinski definition) is 1. The highest BCUT2D eigenvalue weighted by Crippen LogP contribution is 2.60. The van der Waals surface area contributed by atoms with Crippen molar-refractivity contribution in [3.05, 3.63) is 42.5 Å². The van der Waals surface area contributed by atoms with Gasteiger partial charge in [0, 0.05) is 0 Å². The van der Waals surface area contributed by atoms with E-state index < -0.39 is 0 Å². The summed E-state index contributed by atoms with van der Waals surface area (Å²) in [5.41, 5.74) is 0.586. The van der Waals surface area contributed by atoms with Crippen LogP contribution >= 0.6 is 0 Å². The van der Waals surface area contributed by atoms with E-state index in [0.717, 1.165) is 29.6 Å². The maximum Gasteiger partial charge on any atom is 0.115 e. The Hall–Kier alpha value is -1.24. The van der Waals surface area contributed by atoms with Gasteiger partial charge in [0.25, 0.3) is 0 Å². The minimum atomic E-state index is 0.322. The van der Waals surface area contributed by atoms with Crippen molar-refractivity contribution in [1.82, 2.24) is 0 Å². The van der Waals surface area contributed by atoms with Crippen LogP contribution in [0.4, 0.5) is 0 Å². The van der Waals surface area contributed by atoms with Crippen LogP contribution in [0.2, 0.25) is 0 Å². The number of benzene rings is 1. The zero-order valence-corrected chi connectivity index (χ0v) is 15.7. The molecule has 4 aliphatic carbocycles. The lowest BCUT2D eigenvalue weighted by Gasteiger charge is -2.54. The van der Waals surface area contributed by atoms with Crippen molar-refractivity contribution >= 4 is 0 Å². The highest BCUT2D eigenvalue weighted by molar-refractivity contribution is 5.18. The first-order valence-electron chi connectivity index (χ1n) is 10.6. The molecule has 5 rings (SSSR count). The second-order valence-corrected chi connectivity index (χ2v) is 9.24. The number of rotatable bonds is 0. The Balaban J connectivity index is 0.000000190. The van der Waals surface area contributed by atoms with Crippen LogP contribution in [0.25, 0.3) is 0 Å². The van der Waals surface area contributed by atoms with Crippen LogP contribution in [0.5, 0.6) is 5.75 Å². The Labute approximate surface area is 153 Å². The van der Waals surface area contributed by atoms with E-state index in [1.807, 2.05) is 6.07 Å². The number of hydrogen-bond acceptors (Lipinski definition) is 1. The summed E-state index contributed by atoms with van der Waals surface area (Å²) in [6, 6.07) is 8.71. The molecule has 0 spiro atoms. The number of para-hydroxylation sites is 1. The molecule has 0 saturated heterocycles. The van der Waals surface area contributed by atoms with Crippen molar-refractivity contribution in [2.45, 2.75) is 64.7 Å². The maximum atomic E-state index is 8.63. The summed E-state index contributed by atoms with van der Waals surface area (Å²) in [7, 11) is 0. The van der Waals surface area contributed by atoms with Gasteiger partial charge in [0.15, 0.2) is 0 Å². The third-order valence-electron chi connectivity index (χ3n) is 7.96. The third kappa shape index (κ3) is 3.39. The SMILES string of the molecule is C[C@@]12C=CC[C@H]1[C@@H]1CCC3CCCC[C@@H]3[C@H]1CC2.Oc1ccccc1. The number of phenolic OH excluding ortho intramolecular Hbond substituents is 1. The average Bonchev–Trinajstić information content (AvgIpc) is 3.04. The second-order valence-electron chi connectivity index (χ2n) is 9.24. The Morgan fingerprint density at radius 2 is 1.68 bits per heavy atom. The van der Waals surface area contributed by atoms with Crippen molar-refractivity contribution in [2.24, 2.45) is 35.0 Å². The molecule has 0 aliphatic heterocycles. The van der Waals surface area contributed by atoms with E-state index in [-0.39, 0.29) is 0 Å². The molecule has 136 valence electrons. The monoisotopic (exact) mass is 338 g/mol. The molecule has 1 aromatic rings. The summed E-state index contributed by atoms with van der Waals surface area (Å²) in [5.74, 6) is 5.78. The van der Waals surface area contributed by atoms with Crippen molar-refractivity contribution in [2.75, 3.05) is 0 Å². The van der Waals surface area contributed by atoms with Gasteiger partial charge in [-0.1, -0.05) is 56.5 Å². The molecule has 3 fully saturated rings. The minimum absolute atomic E-state index is 0.322. The second kappa shape index (κ2) is 7.17.